The Hall–Kier alpha value is -1.38. The average Bonchev–Trinajstić information content (AvgIpc) is 2.32. The Morgan fingerprint density at radius 1 is 1.06 bits per heavy atom. The van der Waals surface area contributed by atoms with Crippen molar-refractivity contribution in [3.8, 4) is 0 Å². The summed E-state index contributed by atoms with van der Waals surface area (Å²) in [5, 5.41) is 6.12. The lowest BCUT2D eigenvalue weighted by Gasteiger charge is -2.39. The second-order valence-corrected chi connectivity index (χ2v) is 5.40. The number of hydrogen-bond acceptors (Lipinski definition) is 2. The number of fused-ring (bicyclic) bond motifs is 1. The minimum absolute atomic E-state index is 0.511. The molecule has 18 heavy (non-hydrogen) atoms. The normalized spacial score (nSPS) is 17.9. The predicted molar refractivity (Wildman–Crippen MR) is 76.7 cm³/mol. The lowest BCUT2D eigenvalue weighted by Crippen LogP contribution is -2.48. The molecule has 1 aliphatic heterocycles. The number of hydrogen-bond donors (Lipinski definition) is 1. The van der Waals surface area contributed by atoms with Crippen molar-refractivity contribution >= 4 is 10.8 Å². The maximum absolute atomic E-state index is 3.39. The minimum Gasteiger partial charge on any atom is -0.316 e. The fourth-order valence-corrected chi connectivity index (χ4v) is 3.00. The summed E-state index contributed by atoms with van der Waals surface area (Å²) in [6, 6.07) is 15.9. The van der Waals surface area contributed by atoms with Crippen molar-refractivity contribution in [2.45, 2.75) is 6.04 Å². The van der Waals surface area contributed by atoms with E-state index in [1.54, 1.807) is 0 Å². The summed E-state index contributed by atoms with van der Waals surface area (Å²) in [4.78, 5) is 2.35. The van der Waals surface area contributed by atoms with Gasteiger partial charge in [0.25, 0.3) is 0 Å². The Bertz CT molecular complexity index is 538. The number of nitrogens with one attached hydrogen (secondary N) is 1. The molecule has 1 atom stereocenters. The topological polar surface area (TPSA) is 15.3 Å². The Balaban J connectivity index is 2.10. The van der Waals surface area contributed by atoms with Gasteiger partial charge in [0.05, 0.1) is 0 Å². The molecule has 0 bridgehead atoms. The number of nitrogens with zero attached hydrogens (tertiary/aromatic N) is 1. The summed E-state index contributed by atoms with van der Waals surface area (Å²) >= 11 is 0. The van der Waals surface area contributed by atoms with E-state index in [4.69, 9.17) is 0 Å². The van der Waals surface area contributed by atoms with Gasteiger partial charge in [-0.25, -0.2) is 0 Å². The first-order valence-electron chi connectivity index (χ1n) is 6.62. The summed E-state index contributed by atoms with van der Waals surface area (Å²) < 4.78 is 0. The van der Waals surface area contributed by atoms with E-state index < -0.39 is 0 Å². The van der Waals surface area contributed by atoms with Crippen LogP contribution in [0.5, 0.6) is 0 Å². The molecule has 0 radical (unpaired) electrons. The molecule has 0 spiro atoms. The molecule has 1 saturated heterocycles. The van der Waals surface area contributed by atoms with Crippen molar-refractivity contribution in [3.05, 3.63) is 48.0 Å². The maximum Gasteiger partial charge on any atom is 0.0400 e. The van der Waals surface area contributed by atoms with Crippen molar-refractivity contribution in [2.75, 3.05) is 27.2 Å². The molecule has 94 valence electrons. The average molecular weight is 240 g/mol. The largest absolute Gasteiger partial charge is 0.316 e. The Morgan fingerprint density at radius 2 is 1.78 bits per heavy atom. The number of rotatable bonds is 3. The second-order valence-electron chi connectivity index (χ2n) is 5.40. The highest BCUT2D eigenvalue weighted by Gasteiger charge is 2.30. The van der Waals surface area contributed by atoms with Gasteiger partial charge in [-0.2, -0.15) is 0 Å². The van der Waals surface area contributed by atoms with Gasteiger partial charge in [0, 0.05) is 25.0 Å². The van der Waals surface area contributed by atoms with Crippen LogP contribution in [0.15, 0.2) is 42.5 Å². The van der Waals surface area contributed by atoms with Crippen molar-refractivity contribution in [3.63, 3.8) is 0 Å². The van der Waals surface area contributed by atoms with Crippen molar-refractivity contribution < 1.29 is 0 Å². The molecule has 2 nitrogen and oxygen atoms in total. The van der Waals surface area contributed by atoms with Gasteiger partial charge in [0.1, 0.15) is 0 Å². The molecule has 0 aliphatic carbocycles. The van der Waals surface area contributed by atoms with Crippen LogP contribution in [0.1, 0.15) is 11.6 Å². The lowest BCUT2D eigenvalue weighted by molar-refractivity contribution is 0.162. The van der Waals surface area contributed by atoms with Crippen molar-refractivity contribution in [1.82, 2.24) is 10.2 Å². The molecule has 1 heterocycles. The van der Waals surface area contributed by atoms with Crippen LogP contribution in [0.2, 0.25) is 0 Å². The highest BCUT2D eigenvalue weighted by molar-refractivity contribution is 5.86. The van der Waals surface area contributed by atoms with Gasteiger partial charge in [0.2, 0.25) is 0 Å². The molecule has 1 N–H and O–H groups in total. The van der Waals surface area contributed by atoms with E-state index in [1.165, 1.54) is 16.3 Å². The molecular weight excluding hydrogens is 220 g/mol. The Kier molecular flexibility index (Phi) is 3.06. The van der Waals surface area contributed by atoms with Crippen LogP contribution in [0.4, 0.5) is 0 Å². The molecule has 1 unspecified atom stereocenters. The highest BCUT2D eigenvalue weighted by Crippen LogP contribution is 2.33. The second kappa shape index (κ2) is 4.71. The zero-order chi connectivity index (χ0) is 12.5. The molecule has 2 aromatic rings. The molecule has 0 saturated carbocycles. The van der Waals surface area contributed by atoms with Crippen LogP contribution in [-0.4, -0.2) is 32.1 Å². The monoisotopic (exact) mass is 240 g/mol. The van der Waals surface area contributed by atoms with Crippen LogP contribution in [0.3, 0.4) is 0 Å². The van der Waals surface area contributed by atoms with Gasteiger partial charge in [0.15, 0.2) is 0 Å². The Labute approximate surface area is 109 Å². The van der Waals surface area contributed by atoms with Crippen molar-refractivity contribution in [2.24, 2.45) is 5.92 Å². The van der Waals surface area contributed by atoms with E-state index >= 15 is 0 Å². The molecule has 2 heteroatoms. The third-order valence-electron chi connectivity index (χ3n) is 3.96. The third kappa shape index (κ3) is 1.92. The predicted octanol–water partition coefficient (Wildman–Crippen LogP) is 2.66. The fraction of sp³-hybridized carbons (Fsp3) is 0.375. The molecule has 1 aliphatic rings. The summed E-state index contributed by atoms with van der Waals surface area (Å²) in [5.74, 6) is 0.728. The zero-order valence-electron chi connectivity index (χ0n) is 11.1. The summed E-state index contributed by atoms with van der Waals surface area (Å²) in [6.07, 6.45) is 0. The van der Waals surface area contributed by atoms with Gasteiger partial charge < -0.3 is 10.2 Å². The van der Waals surface area contributed by atoms with E-state index in [-0.39, 0.29) is 0 Å². The van der Waals surface area contributed by atoms with Gasteiger partial charge in [-0.3, -0.25) is 0 Å². The summed E-state index contributed by atoms with van der Waals surface area (Å²) in [7, 11) is 4.37. The first kappa shape index (κ1) is 11.7. The van der Waals surface area contributed by atoms with E-state index in [2.05, 4.69) is 66.8 Å². The maximum atomic E-state index is 3.39. The Morgan fingerprint density at radius 3 is 2.44 bits per heavy atom. The van der Waals surface area contributed by atoms with Gasteiger partial charge in [-0.05, 0) is 30.4 Å². The van der Waals surface area contributed by atoms with E-state index in [0.29, 0.717) is 6.04 Å². The zero-order valence-corrected chi connectivity index (χ0v) is 11.1. The van der Waals surface area contributed by atoms with Crippen LogP contribution in [-0.2, 0) is 0 Å². The first-order valence-corrected chi connectivity index (χ1v) is 6.62. The molecule has 2 aromatic carbocycles. The van der Waals surface area contributed by atoms with Gasteiger partial charge in [-0.1, -0.05) is 42.5 Å². The standard InChI is InChI=1S/C16H20N2/c1-18(2)16(13-10-17-11-13)15-9-5-7-12-6-3-4-8-14(12)15/h3-9,13,16-17H,10-11H2,1-2H3. The highest BCUT2D eigenvalue weighted by atomic mass is 15.1. The van der Waals surface area contributed by atoms with Gasteiger partial charge in [-0.15, -0.1) is 0 Å². The summed E-state index contributed by atoms with van der Waals surface area (Å²) in [6.45, 7) is 2.26. The quantitative estimate of drug-likeness (QED) is 0.887. The number of benzene rings is 2. The lowest BCUT2D eigenvalue weighted by atomic mass is 9.85. The minimum atomic E-state index is 0.511. The fourth-order valence-electron chi connectivity index (χ4n) is 3.00. The van der Waals surface area contributed by atoms with Crippen LogP contribution in [0, 0.1) is 5.92 Å². The smallest absolute Gasteiger partial charge is 0.0400 e. The van der Waals surface area contributed by atoms with Gasteiger partial charge >= 0.3 is 0 Å². The molecule has 0 aromatic heterocycles. The molecule has 3 rings (SSSR count). The van der Waals surface area contributed by atoms with Crippen LogP contribution in [0.25, 0.3) is 10.8 Å². The molecule has 0 amide bonds. The van der Waals surface area contributed by atoms with Crippen LogP contribution >= 0.6 is 0 Å². The first-order chi connectivity index (χ1) is 8.77. The molecular formula is C16H20N2. The van der Waals surface area contributed by atoms with E-state index in [1.807, 2.05) is 0 Å². The van der Waals surface area contributed by atoms with Crippen molar-refractivity contribution in [1.29, 1.82) is 0 Å². The summed E-state index contributed by atoms with van der Waals surface area (Å²) in [5.41, 5.74) is 1.46. The van der Waals surface area contributed by atoms with E-state index in [0.717, 1.165) is 19.0 Å². The van der Waals surface area contributed by atoms with E-state index in [9.17, 15) is 0 Å². The van der Waals surface area contributed by atoms with Crippen LogP contribution < -0.4 is 5.32 Å². The third-order valence-corrected chi connectivity index (χ3v) is 3.96. The SMILES string of the molecule is CN(C)C(c1cccc2ccccc12)C1CNC1. The molecule has 1 fully saturated rings.